The number of benzene rings is 1. The second kappa shape index (κ2) is 8.77. The van der Waals surface area contributed by atoms with Crippen molar-refractivity contribution in [3.05, 3.63) is 35.4 Å². The zero-order valence-electron chi connectivity index (χ0n) is 11.6. The summed E-state index contributed by atoms with van der Waals surface area (Å²) in [5, 5.41) is 0. The van der Waals surface area contributed by atoms with Crippen molar-refractivity contribution in [3.63, 3.8) is 0 Å². The summed E-state index contributed by atoms with van der Waals surface area (Å²) >= 11 is 0. The smallest absolute Gasteiger partial charge is 0.386 e. The van der Waals surface area contributed by atoms with E-state index in [9.17, 15) is 0 Å². The molecule has 0 aliphatic heterocycles. The summed E-state index contributed by atoms with van der Waals surface area (Å²) < 4.78 is 11.1. The first-order valence-corrected chi connectivity index (χ1v) is 5.93. The molecule has 0 saturated carbocycles. The van der Waals surface area contributed by atoms with E-state index in [0.29, 0.717) is 0 Å². The summed E-state index contributed by atoms with van der Waals surface area (Å²) in [6, 6.07) is 9.23. The average molecular weight is 228 g/mol. The predicted octanol–water partition coefficient (Wildman–Crippen LogP) is 0.686. The Kier molecular flexibility index (Phi) is 8.64. The molecule has 0 aliphatic carbocycles. The molecule has 0 radical (unpaired) electrons. The Labute approximate surface area is 117 Å². The minimum absolute atomic E-state index is 0. The molecule has 3 heteroatoms. The number of hydrogen-bond acceptors (Lipinski definition) is 2. The van der Waals surface area contributed by atoms with Gasteiger partial charge in [-0.15, -0.1) is 11.1 Å². The van der Waals surface area contributed by atoms with E-state index in [4.69, 9.17) is 9.47 Å². The fraction of sp³-hybridized carbons (Fsp3) is 0.571. The largest absolute Gasteiger partial charge is 1.00 e. The summed E-state index contributed by atoms with van der Waals surface area (Å²) in [4.78, 5) is 0. The standard InChI is InChI=1S/C14H21O2.Li/c1-5-15-11(3)13-8-7-9-14(10-13)12(4)16-6-2;/h8-12H,5-6H2,1-4H3;/q-1;+1/t11-,12-;/m1./s1. The fourth-order valence-electron chi connectivity index (χ4n) is 1.67. The molecule has 0 amide bonds. The molecule has 0 N–H and O–H groups in total. The fourth-order valence-corrected chi connectivity index (χ4v) is 1.67. The Morgan fingerprint density at radius 3 is 1.76 bits per heavy atom. The molecule has 17 heavy (non-hydrogen) atoms. The zero-order valence-corrected chi connectivity index (χ0v) is 11.6. The summed E-state index contributed by atoms with van der Waals surface area (Å²) in [5.74, 6) is 0. The van der Waals surface area contributed by atoms with Crippen molar-refractivity contribution in [2.75, 3.05) is 13.2 Å². The van der Waals surface area contributed by atoms with E-state index in [-0.39, 0.29) is 31.1 Å². The molecule has 2 atom stereocenters. The van der Waals surface area contributed by atoms with Crippen LogP contribution < -0.4 is 18.9 Å². The molecule has 0 unspecified atom stereocenters. The number of ether oxygens (including phenoxy) is 2. The van der Waals surface area contributed by atoms with E-state index in [0.717, 1.165) is 24.3 Å². The van der Waals surface area contributed by atoms with E-state index >= 15 is 0 Å². The van der Waals surface area contributed by atoms with Gasteiger partial charge in [-0.1, -0.05) is 0 Å². The summed E-state index contributed by atoms with van der Waals surface area (Å²) in [5.41, 5.74) is 2.32. The van der Waals surface area contributed by atoms with Crippen LogP contribution in [0, 0.1) is 6.07 Å². The Bertz CT molecular complexity index is 288. The summed E-state index contributed by atoms with van der Waals surface area (Å²) in [6.07, 6.45) is 0.241. The first-order valence-electron chi connectivity index (χ1n) is 5.93. The van der Waals surface area contributed by atoms with Crippen LogP contribution in [0.1, 0.15) is 51.0 Å². The van der Waals surface area contributed by atoms with Crippen LogP contribution in [0.3, 0.4) is 0 Å². The Hall–Kier alpha value is -0.263. The van der Waals surface area contributed by atoms with Crippen molar-refractivity contribution in [1.82, 2.24) is 0 Å². The number of rotatable bonds is 6. The van der Waals surface area contributed by atoms with Crippen molar-refractivity contribution in [1.29, 1.82) is 0 Å². The maximum absolute atomic E-state index is 5.56. The van der Waals surface area contributed by atoms with Gasteiger partial charge in [0.2, 0.25) is 0 Å². The molecule has 0 aromatic heterocycles. The molecule has 0 fully saturated rings. The van der Waals surface area contributed by atoms with Gasteiger partial charge in [0.15, 0.2) is 0 Å². The minimum atomic E-state index is 0. The van der Waals surface area contributed by atoms with Gasteiger partial charge in [0.05, 0.1) is 0 Å². The molecule has 0 heterocycles. The summed E-state index contributed by atoms with van der Waals surface area (Å²) in [7, 11) is 0. The molecule has 1 aromatic rings. The topological polar surface area (TPSA) is 18.5 Å². The molecule has 0 spiro atoms. The maximum Gasteiger partial charge on any atom is 1.00 e. The molecular formula is C14H21LiO2. The van der Waals surface area contributed by atoms with Crippen molar-refractivity contribution in [3.8, 4) is 0 Å². The molecule has 1 rings (SSSR count). The molecule has 2 nitrogen and oxygen atoms in total. The number of hydrogen-bond donors (Lipinski definition) is 0. The average Bonchev–Trinajstić information content (AvgIpc) is 2.30. The third-order valence-corrected chi connectivity index (χ3v) is 2.61. The van der Waals surface area contributed by atoms with Crippen LogP contribution in [-0.4, -0.2) is 13.2 Å². The van der Waals surface area contributed by atoms with Crippen molar-refractivity contribution in [2.24, 2.45) is 0 Å². The van der Waals surface area contributed by atoms with E-state index in [1.165, 1.54) is 0 Å². The molecule has 90 valence electrons. The van der Waals surface area contributed by atoms with E-state index in [1.54, 1.807) is 0 Å². The van der Waals surface area contributed by atoms with Crippen LogP contribution in [0.4, 0.5) is 0 Å². The van der Waals surface area contributed by atoms with Gasteiger partial charge in [-0.05, 0) is 27.7 Å². The van der Waals surface area contributed by atoms with Gasteiger partial charge in [-0.25, -0.2) is 0 Å². The van der Waals surface area contributed by atoms with Gasteiger partial charge in [0, 0.05) is 25.4 Å². The van der Waals surface area contributed by atoms with Crippen LogP contribution in [0.25, 0.3) is 0 Å². The Balaban J connectivity index is 0.00000256. The van der Waals surface area contributed by atoms with Gasteiger partial charge in [0.25, 0.3) is 0 Å². The molecule has 0 bridgehead atoms. The van der Waals surface area contributed by atoms with Gasteiger partial charge in [-0.2, -0.15) is 24.3 Å². The first-order chi connectivity index (χ1) is 7.69. The van der Waals surface area contributed by atoms with Crippen LogP contribution in [-0.2, 0) is 9.47 Å². The van der Waals surface area contributed by atoms with Gasteiger partial charge < -0.3 is 9.47 Å². The van der Waals surface area contributed by atoms with Crippen molar-refractivity contribution >= 4 is 0 Å². The van der Waals surface area contributed by atoms with Crippen molar-refractivity contribution < 1.29 is 28.3 Å². The van der Waals surface area contributed by atoms with Gasteiger partial charge >= 0.3 is 18.9 Å². The molecule has 1 aromatic carbocycles. The van der Waals surface area contributed by atoms with Crippen LogP contribution >= 0.6 is 0 Å². The first kappa shape index (κ1) is 16.7. The molecule has 0 saturated heterocycles. The van der Waals surface area contributed by atoms with Crippen LogP contribution in [0.2, 0.25) is 0 Å². The monoisotopic (exact) mass is 228 g/mol. The van der Waals surface area contributed by atoms with Gasteiger partial charge in [0.1, 0.15) is 0 Å². The Morgan fingerprint density at radius 2 is 1.41 bits per heavy atom. The maximum atomic E-state index is 5.56. The van der Waals surface area contributed by atoms with Crippen molar-refractivity contribution in [2.45, 2.75) is 39.9 Å². The normalized spacial score (nSPS) is 13.9. The Morgan fingerprint density at radius 1 is 1.00 bits per heavy atom. The second-order valence-electron chi connectivity index (χ2n) is 3.79. The SMILES string of the molecule is CCO[C@H](C)c1c[c-]cc([C@@H](C)OCC)c1.[Li+]. The molecule has 0 aliphatic rings. The van der Waals surface area contributed by atoms with Gasteiger partial charge in [-0.3, -0.25) is 0 Å². The predicted molar refractivity (Wildman–Crippen MR) is 65.4 cm³/mol. The summed E-state index contributed by atoms with van der Waals surface area (Å²) in [6.45, 7) is 9.59. The van der Waals surface area contributed by atoms with E-state index in [2.05, 4.69) is 26.0 Å². The van der Waals surface area contributed by atoms with Crippen LogP contribution in [0.15, 0.2) is 18.2 Å². The third-order valence-electron chi connectivity index (χ3n) is 2.61. The zero-order chi connectivity index (χ0) is 12.0. The van der Waals surface area contributed by atoms with Crippen LogP contribution in [0.5, 0.6) is 0 Å². The second-order valence-corrected chi connectivity index (χ2v) is 3.79. The minimum Gasteiger partial charge on any atom is -0.386 e. The van der Waals surface area contributed by atoms with E-state index in [1.807, 2.05) is 26.0 Å². The van der Waals surface area contributed by atoms with E-state index < -0.39 is 0 Å². The third kappa shape index (κ3) is 5.27. The quantitative estimate of drug-likeness (QED) is 0.527. The molecular weight excluding hydrogens is 207 g/mol.